The van der Waals surface area contributed by atoms with E-state index in [1.165, 1.54) is 35.9 Å². The maximum Gasteiger partial charge on any atom is 0.423 e. The molecule has 0 saturated heterocycles. The third kappa shape index (κ3) is 26.1. The Labute approximate surface area is 585 Å². The number of carbonyl (C=O) groups excluding carboxylic acids is 14. The van der Waals surface area contributed by atoms with Gasteiger partial charge in [-0.15, -0.1) is 0 Å². The number of nitrogens with zero attached hydrogens (tertiary/aromatic N) is 4. The molecule has 486 valence electrons. The van der Waals surface area contributed by atoms with E-state index >= 15 is 0 Å². The highest BCUT2D eigenvalue weighted by molar-refractivity contribution is 14.1. The van der Waals surface area contributed by atoms with Gasteiger partial charge in [0.05, 0.1) is 125 Å². The van der Waals surface area contributed by atoms with Gasteiger partial charge in [-0.05, 0) is 119 Å². The number of esters is 5. The average molecular weight is 1920 g/mol. The molecular weight excluding hydrogens is 1860 g/mol. The molecule has 31 nitrogen and oxygen atoms in total. The number of aliphatic hydroxyl groups is 1. The smallest absolute Gasteiger partial charge is 0.423 e. The summed E-state index contributed by atoms with van der Waals surface area (Å²) in [6.45, 7) is 5.44. The van der Waals surface area contributed by atoms with Gasteiger partial charge in [-0.1, -0.05) is 6.92 Å². The zero-order valence-corrected chi connectivity index (χ0v) is 61.3. The first-order valence-corrected chi connectivity index (χ1v) is 31.8. The van der Waals surface area contributed by atoms with Crippen molar-refractivity contribution in [2.75, 3.05) is 80.9 Å². The summed E-state index contributed by atoms with van der Waals surface area (Å²) in [7, 11) is 0. The number of ether oxygens (including phenoxy) is 7. The standard InChI is InChI=1S/C51H60I6N6O25/c1-25(65)79-16-10-13-60(86-30(6)70)46(74)34-19-35(40(53)37(39(34)52)47(75)61(87-31(7)71)14-11-17-80-26(2)66)63(57)50(78)84-24-51(9,22-64)23-83-49(77)59-44-42(55)36(45(73)58-20-33(85-29(5)69)21-82-28(4)68)41(54)38(43(44)56)48(76)62(88-32(8)72)15-12-18-81-27(3)67/h19,33,64H,10-18,20-24H2,1-9H3,(H,58,73)(H,59,77). The number of hydrogen-bond donors (Lipinski definition) is 3. The lowest BCUT2D eigenvalue weighted by Crippen LogP contribution is -2.39. The molecule has 37 heteroatoms. The van der Waals surface area contributed by atoms with Crippen LogP contribution in [0.15, 0.2) is 6.07 Å². The Morgan fingerprint density at radius 3 is 1.36 bits per heavy atom. The van der Waals surface area contributed by atoms with Crippen LogP contribution in [0.25, 0.3) is 0 Å². The highest BCUT2D eigenvalue weighted by atomic mass is 127. The van der Waals surface area contributed by atoms with E-state index < -0.39 is 128 Å². The normalized spacial score (nSPS) is 11.6. The van der Waals surface area contributed by atoms with E-state index in [0.29, 0.717) is 15.2 Å². The topological polar surface area (TPSA) is 389 Å². The molecule has 3 N–H and O–H groups in total. The monoisotopic (exact) mass is 1920 g/mol. The van der Waals surface area contributed by atoms with Gasteiger partial charge in [-0.2, -0.15) is 15.2 Å². The van der Waals surface area contributed by atoms with E-state index in [4.69, 9.17) is 47.7 Å². The van der Waals surface area contributed by atoms with Crippen molar-refractivity contribution in [3.8, 4) is 0 Å². The Bertz CT molecular complexity index is 3010. The van der Waals surface area contributed by atoms with Crippen LogP contribution in [-0.4, -0.2) is 182 Å². The Hall–Kier alpha value is -5.04. The molecule has 0 spiro atoms. The zero-order valence-electron chi connectivity index (χ0n) is 48.4. The molecule has 0 aliphatic rings. The summed E-state index contributed by atoms with van der Waals surface area (Å²) in [6.07, 6.45) is -3.70. The molecule has 0 heterocycles. The van der Waals surface area contributed by atoms with Crippen molar-refractivity contribution < 1.29 is 120 Å². The molecule has 2 aromatic rings. The number of hydroxylamine groups is 6. The lowest BCUT2D eigenvalue weighted by atomic mass is 9.94. The highest BCUT2D eigenvalue weighted by Gasteiger charge is 2.37. The van der Waals surface area contributed by atoms with Crippen molar-refractivity contribution in [2.45, 2.75) is 87.7 Å². The van der Waals surface area contributed by atoms with Crippen LogP contribution in [0.2, 0.25) is 0 Å². The lowest BCUT2D eigenvalue weighted by Gasteiger charge is -2.28. The van der Waals surface area contributed by atoms with Gasteiger partial charge in [0.25, 0.3) is 23.6 Å². The van der Waals surface area contributed by atoms with Crippen LogP contribution < -0.4 is 13.7 Å². The second-order valence-corrected chi connectivity index (χ2v) is 24.7. The maximum atomic E-state index is 14.5. The zero-order chi connectivity index (χ0) is 66.9. The maximum absolute atomic E-state index is 14.5. The fourth-order valence-electron chi connectivity index (χ4n) is 6.73. The van der Waals surface area contributed by atoms with Gasteiger partial charge in [-0.3, -0.25) is 62.9 Å². The number of amides is 6. The molecule has 0 fully saturated rings. The van der Waals surface area contributed by atoms with Crippen LogP contribution in [-0.2, 0) is 86.0 Å². The first kappa shape index (κ1) is 79.1. The summed E-state index contributed by atoms with van der Waals surface area (Å²) < 4.78 is 36.9. The molecule has 0 saturated carbocycles. The number of nitrogens with one attached hydrogen (secondary N) is 2. The Morgan fingerprint density at radius 2 is 0.943 bits per heavy atom. The Kier molecular flexibility index (Phi) is 34.7. The number of rotatable bonds is 28. The van der Waals surface area contributed by atoms with Crippen molar-refractivity contribution in [1.29, 1.82) is 0 Å². The number of benzene rings is 2. The quantitative estimate of drug-likeness (QED) is 0.0216. The van der Waals surface area contributed by atoms with Gasteiger partial charge in [0.1, 0.15) is 19.8 Å². The van der Waals surface area contributed by atoms with Crippen LogP contribution >= 0.6 is 136 Å². The molecule has 2 unspecified atom stereocenters. The molecule has 6 amide bonds. The summed E-state index contributed by atoms with van der Waals surface area (Å²) in [5.41, 5.74) is -3.17. The van der Waals surface area contributed by atoms with Crippen LogP contribution in [0.4, 0.5) is 21.0 Å². The molecule has 0 bridgehead atoms. The number of anilines is 2. The Balaban J connectivity index is 2.69. The Morgan fingerprint density at radius 1 is 0.523 bits per heavy atom. The number of halogens is 6. The van der Waals surface area contributed by atoms with E-state index in [1.54, 1.807) is 113 Å². The summed E-state index contributed by atoms with van der Waals surface area (Å²) in [6, 6.07) is 1.17. The third-order valence-electron chi connectivity index (χ3n) is 10.6. The second kappa shape index (κ2) is 38.6. The van der Waals surface area contributed by atoms with Gasteiger partial charge >= 0.3 is 59.9 Å². The van der Waals surface area contributed by atoms with Crippen LogP contribution in [0.1, 0.15) is 123 Å². The van der Waals surface area contributed by atoms with E-state index in [2.05, 4.69) is 10.6 Å². The fraction of sp³-hybridized carbons (Fsp3) is 0.490. The van der Waals surface area contributed by atoms with E-state index in [1.807, 2.05) is 0 Å². The average Bonchev–Trinajstić information content (AvgIpc) is 1.32. The van der Waals surface area contributed by atoms with E-state index in [0.717, 1.165) is 58.5 Å². The molecular formula is C51H60I6N6O25. The number of hydrogen-bond acceptors (Lipinski definition) is 25. The van der Waals surface area contributed by atoms with Crippen molar-refractivity contribution in [2.24, 2.45) is 5.41 Å². The summed E-state index contributed by atoms with van der Waals surface area (Å²) >= 11 is 9.99. The summed E-state index contributed by atoms with van der Waals surface area (Å²) in [5, 5.41) is 17.7. The largest absolute Gasteiger partial charge is 0.466 e. The van der Waals surface area contributed by atoms with Crippen molar-refractivity contribution in [3.63, 3.8) is 0 Å². The molecule has 88 heavy (non-hydrogen) atoms. The van der Waals surface area contributed by atoms with Gasteiger partial charge < -0.3 is 58.1 Å². The minimum absolute atomic E-state index is 0.00736. The van der Waals surface area contributed by atoms with Gasteiger partial charge in [-0.25, -0.2) is 12.7 Å². The predicted molar refractivity (Wildman–Crippen MR) is 351 cm³/mol. The summed E-state index contributed by atoms with van der Waals surface area (Å²) in [4.78, 5) is 196. The minimum atomic E-state index is -1.61. The molecule has 2 aromatic carbocycles. The van der Waals surface area contributed by atoms with Crippen LogP contribution in [0.3, 0.4) is 0 Å². The lowest BCUT2D eigenvalue weighted by molar-refractivity contribution is -0.176. The molecule has 0 radical (unpaired) electrons. The van der Waals surface area contributed by atoms with E-state index in [9.17, 15) is 72.2 Å². The molecule has 0 aromatic heterocycles. The SMILES string of the molecule is CC(=O)OCCCN(OC(C)=O)C(=O)c1cc(N(I)C(=O)OCC(C)(CO)COC(=O)Nc2c(I)c(C(=O)NCC(COC(C)=O)OC(C)=O)c(I)c(C(=O)N(CCCOC(C)=O)OC(C)=O)c2I)c(I)c(C(=O)N(CCCOC(C)=O)OC(C)=O)c1I. The first-order chi connectivity index (χ1) is 41.1. The molecule has 2 rings (SSSR count). The van der Waals surface area contributed by atoms with Crippen LogP contribution in [0.5, 0.6) is 0 Å². The van der Waals surface area contributed by atoms with E-state index in [-0.39, 0.29) is 110 Å². The fourth-order valence-corrected chi connectivity index (χ4v) is 14.4. The molecule has 0 aliphatic heterocycles. The highest BCUT2D eigenvalue weighted by Crippen LogP contribution is 2.39. The van der Waals surface area contributed by atoms with Gasteiger partial charge in [0.15, 0.2) is 6.10 Å². The predicted octanol–water partition coefficient (Wildman–Crippen LogP) is 6.10. The van der Waals surface area contributed by atoms with Crippen molar-refractivity contribution >= 4 is 231 Å². The summed E-state index contributed by atoms with van der Waals surface area (Å²) in [5.74, 6) is -10.1. The molecule has 2 atom stereocenters. The molecule has 0 aliphatic carbocycles. The number of aliphatic hydroxyl groups excluding tert-OH is 1. The third-order valence-corrected chi connectivity index (χ3v) is 16.9. The van der Waals surface area contributed by atoms with Gasteiger partial charge in [0.2, 0.25) is 0 Å². The first-order valence-electron chi connectivity index (χ1n) is 25.5. The van der Waals surface area contributed by atoms with Gasteiger partial charge in [0, 0.05) is 81.8 Å². The minimum Gasteiger partial charge on any atom is -0.466 e. The van der Waals surface area contributed by atoms with Crippen molar-refractivity contribution in [1.82, 2.24) is 20.5 Å². The second-order valence-electron chi connectivity index (χ2n) is 18.3. The van der Waals surface area contributed by atoms with Crippen LogP contribution in [0, 0.1) is 23.3 Å². The van der Waals surface area contributed by atoms with Crippen molar-refractivity contribution in [3.05, 3.63) is 46.2 Å². The number of carbonyl (C=O) groups is 14.